The molecular formula is C17H27NO3. The molecule has 0 fully saturated rings. The lowest BCUT2D eigenvalue weighted by Gasteiger charge is -2.15. The third-order valence-electron chi connectivity index (χ3n) is 3.17. The maximum absolute atomic E-state index is 11.7. The van der Waals surface area contributed by atoms with Gasteiger partial charge in [0.1, 0.15) is 6.61 Å². The fourth-order valence-corrected chi connectivity index (χ4v) is 2.09. The Kier molecular flexibility index (Phi) is 8.01. The van der Waals surface area contributed by atoms with Crippen molar-refractivity contribution < 1.29 is 14.3 Å². The number of hydrogen-bond donors (Lipinski definition) is 1. The molecule has 118 valence electrons. The predicted molar refractivity (Wildman–Crippen MR) is 84.2 cm³/mol. The van der Waals surface area contributed by atoms with Crippen LogP contribution in [0.25, 0.3) is 0 Å². The van der Waals surface area contributed by atoms with Crippen LogP contribution in [0.1, 0.15) is 37.9 Å². The van der Waals surface area contributed by atoms with Crippen LogP contribution < -0.4 is 5.32 Å². The summed E-state index contributed by atoms with van der Waals surface area (Å²) in [6.07, 6.45) is 1.08. The number of carbonyl (C=O) groups excluding carboxylic acids is 1. The van der Waals surface area contributed by atoms with Gasteiger partial charge >= 0.3 is 0 Å². The van der Waals surface area contributed by atoms with Crippen LogP contribution in [0.2, 0.25) is 0 Å². The minimum atomic E-state index is -0.107. The average molecular weight is 293 g/mol. The molecule has 1 amide bonds. The third-order valence-corrected chi connectivity index (χ3v) is 3.17. The van der Waals surface area contributed by atoms with E-state index < -0.39 is 0 Å². The first kappa shape index (κ1) is 17.7. The lowest BCUT2D eigenvalue weighted by atomic mass is 10.00. The Labute approximate surface area is 127 Å². The summed E-state index contributed by atoms with van der Waals surface area (Å²) in [5.74, 6) is 0.544. The SMILES string of the molecule is COCCOCC(=O)NC(C)c1ccc(CC(C)C)cc1. The molecule has 0 saturated heterocycles. The maximum Gasteiger partial charge on any atom is 0.246 e. The van der Waals surface area contributed by atoms with E-state index in [-0.39, 0.29) is 18.6 Å². The van der Waals surface area contributed by atoms with Crippen molar-refractivity contribution in [1.82, 2.24) is 5.32 Å². The van der Waals surface area contributed by atoms with Gasteiger partial charge in [0, 0.05) is 7.11 Å². The van der Waals surface area contributed by atoms with Crippen molar-refractivity contribution in [2.45, 2.75) is 33.2 Å². The van der Waals surface area contributed by atoms with Gasteiger partial charge in [0.15, 0.2) is 0 Å². The van der Waals surface area contributed by atoms with Gasteiger partial charge in [-0.3, -0.25) is 4.79 Å². The summed E-state index contributed by atoms with van der Waals surface area (Å²) >= 11 is 0. The van der Waals surface area contributed by atoms with Crippen molar-refractivity contribution in [3.8, 4) is 0 Å². The van der Waals surface area contributed by atoms with Crippen LogP contribution >= 0.6 is 0 Å². The molecule has 4 nitrogen and oxygen atoms in total. The van der Waals surface area contributed by atoms with E-state index in [0.29, 0.717) is 19.1 Å². The topological polar surface area (TPSA) is 47.6 Å². The van der Waals surface area contributed by atoms with Gasteiger partial charge in [0.25, 0.3) is 0 Å². The summed E-state index contributed by atoms with van der Waals surface area (Å²) < 4.78 is 10.1. The average Bonchev–Trinajstić information content (AvgIpc) is 2.43. The highest BCUT2D eigenvalue weighted by Crippen LogP contribution is 2.15. The molecule has 0 aliphatic carbocycles. The number of rotatable bonds is 9. The van der Waals surface area contributed by atoms with E-state index in [2.05, 4.69) is 43.4 Å². The van der Waals surface area contributed by atoms with Gasteiger partial charge in [-0.2, -0.15) is 0 Å². The Bertz CT molecular complexity index is 415. The van der Waals surface area contributed by atoms with Crippen molar-refractivity contribution in [3.05, 3.63) is 35.4 Å². The van der Waals surface area contributed by atoms with E-state index in [1.54, 1.807) is 7.11 Å². The van der Waals surface area contributed by atoms with Crippen LogP contribution in [0.4, 0.5) is 0 Å². The molecule has 4 heteroatoms. The molecular weight excluding hydrogens is 266 g/mol. The number of benzene rings is 1. The number of ether oxygens (including phenoxy) is 2. The van der Waals surface area contributed by atoms with Gasteiger partial charge < -0.3 is 14.8 Å². The summed E-state index contributed by atoms with van der Waals surface area (Å²) in [4.78, 5) is 11.7. The molecule has 0 bridgehead atoms. The largest absolute Gasteiger partial charge is 0.382 e. The summed E-state index contributed by atoms with van der Waals surface area (Å²) in [7, 11) is 1.61. The predicted octanol–water partition coefficient (Wildman–Crippen LogP) is 2.73. The highest BCUT2D eigenvalue weighted by Gasteiger charge is 2.09. The Hall–Kier alpha value is -1.39. The van der Waals surface area contributed by atoms with Crippen molar-refractivity contribution in [3.63, 3.8) is 0 Å². The van der Waals surface area contributed by atoms with Crippen molar-refractivity contribution >= 4 is 5.91 Å². The van der Waals surface area contributed by atoms with Gasteiger partial charge in [-0.05, 0) is 30.4 Å². The number of methoxy groups -OCH3 is 1. The molecule has 0 saturated carbocycles. The van der Waals surface area contributed by atoms with E-state index in [9.17, 15) is 4.79 Å². The molecule has 1 rings (SSSR count). The van der Waals surface area contributed by atoms with Crippen LogP contribution in [0.15, 0.2) is 24.3 Å². The van der Waals surface area contributed by atoms with E-state index in [1.807, 2.05) is 6.92 Å². The van der Waals surface area contributed by atoms with E-state index in [0.717, 1.165) is 12.0 Å². The van der Waals surface area contributed by atoms with Crippen LogP contribution in [-0.2, 0) is 20.7 Å². The maximum atomic E-state index is 11.7. The number of amides is 1. The number of carbonyl (C=O) groups is 1. The molecule has 21 heavy (non-hydrogen) atoms. The third kappa shape index (κ3) is 7.25. The summed E-state index contributed by atoms with van der Waals surface area (Å²) in [6.45, 7) is 7.40. The lowest BCUT2D eigenvalue weighted by Crippen LogP contribution is -2.30. The first-order valence-electron chi connectivity index (χ1n) is 7.47. The molecule has 0 radical (unpaired) electrons. The van der Waals surface area contributed by atoms with E-state index in [4.69, 9.17) is 9.47 Å². The monoisotopic (exact) mass is 293 g/mol. The molecule has 0 aliphatic heterocycles. The second-order valence-corrected chi connectivity index (χ2v) is 5.67. The van der Waals surface area contributed by atoms with Gasteiger partial charge in [0.05, 0.1) is 19.3 Å². The zero-order valence-corrected chi connectivity index (χ0v) is 13.5. The molecule has 0 aromatic heterocycles. The van der Waals surface area contributed by atoms with E-state index >= 15 is 0 Å². The fraction of sp³-hybridized carbons (Fsp3) is 0.588. The van der Waals surface area contributed by atoms with Gasteiger partial charge in [-0.15, -0.1) is 0 Å². The van der Waals surface area contributed by atoms with Crippen LogP contribution in [-0.4, -0.2) is 32.8 Å². The first-order valence-corrected chi connectivity index (χ1v) is 7.47. The summed E-state index contributed by atoms with van der Waals surface area (Å²) in [6, 6.07) is 8.40. The molecule has 0 aliphatic rings. The normalized spacial score (nSPS) is 12.4. The van der Waals surface area contributed by atoms with E-state index in [1.165, 1.54) is 5.56 Å². The quantitative estimate of drug-likeness (QED) is 0.712. The minimum absolute atomic E-state index is 0.0170. The van der Waals surface area contributed by atoms with Gasteiger partial charge in [0.2, 0.25) is 5.91 Å². The highest BCUT2D eigenvalue weighted by atomic mass is 16.5. The zero-order chi connectivity index (χ0) is 15.7. The number of nitrogens with one attached hydrogen (secondary N) is 1. The van der Waals surface area contributed by atoms with Crippen LogP contribution in [0.5, 0.6) is 0 Å². The molecule has 0 spiro atoms. The minimum Gasteiger partial charge on any atom is -0.382 e. The zero-order valence-electron chi connectivity index (χ0n) is 13.5. The van der Waals surface area contributed by atoms with Crippen LogP contribution in [0, 0.1) is 5.92 Å². The molecule has 1 aromatic carbocycles. The molecule has 1 atom stereocenters. The first-order chi connectivity index (χ1) is 10.0. The van der Waals surface area contributed by atoms with Gasteiger partial charge in [-0.25, -0.2) is 0 Å². The Morgan fingerprint density at radius 2 is 1.81 bits per heavy atom. The molecule has 1 aromatic rings. The van der Waals surface area contributed by atoms with Crippen molar-refractivity contribution in [2.75, 3.05) is 26.9 Å². The Morgan fingerprint density at radius 1 is 1.14 bits per heavy atom. The second-order valence-electron chi connectivity index (χ2n) is 5.67. The van der Waals surface area contributed by atoms with Gasteiger partial charge in [-0.1, -0.05) is 38.1 Å². The highest BCUT2D eigenvalue weighted by molar-refractivity contribution is 5.77. The molecule has 1 unspecified atom stereocenters. The summed E-state index contributed by atoms with van der Waals surface area (Å²) in [5.41, 5.74) is 2.43. The molecule has 1 N–H and O–H groups in total. The van der Waals surface area contributed by atoms with Crippen molar-refractivity contribution in [1.29, 1.82) is 0 Å². The Balaban J connectivity index is 2.40. The Morgan fingerprint density at radius 3 is 2.38 bits per heavy atom. The summed E-state index contributed by atoms with van der Waals surface area (Å²) in [5, 5.41) is 2.93. The molecule has 0 heterocycles. The lowest BCUT2D eigenvalue weighted by molar-refractivity contribution is -0.126. The smallest absolute Gasteiger partial charge is 0.246 e. The second kappa shape index (κ2) is 9.53. The van der Waals surface area contributed by atoms with Crippen molar-refractivity contribution in [2.24, 2.45) is 5.92 Å². The fourth-order valence-electron chi connectivity index (χ4n) is 2.09. The number of hydrogen-bond acceptors (Lipinski definition) is 3. The standard InChI is InChI=1S/C17H27NO3/c1-13(2)11-15-5-7-16(8-6-15)14(3)18-17(19)12-21-10-9-20-4/h5-8,13-14H,9-12H2,1-4H3,(H,18,19). The van der Waals surface area contributed by atoms with Crippen LogP contribution in [0.3, 0.4) is 0 Å².